The van der Waals surface area contributed by atoms with Gasteiger partial charge in [-0.05, 0) is 57.4 Å². The van der Waals surface area contributed by atoms with Crippen LogP contribution in [0.1, 0.15) is 67.5 Å². The van der Waals surface area contributed by atoms with Crippen molar-refractivity contribution < 1.29 is 13.9 Å². The minimum atomic E-state index is -0.487. The zero-order chi connectivity index (χ0) is 25.5. The Bertz CT molecular complexity index is 1550. The monoisotopic (exact) mass is 500 g/mol. The maximum atomic E-state index is 14.5. The predicted octanol–water partition coefficient (Wildman–Crippen LogP) is 5.08. The van der Waals surface area contributed by atoms with Crippen molar-refractivity contribution in [1.29, 1.82) is 0 Å². The van der Waals surface area contributed by atoms with Crippen molar-refractivity contribution in [3.63, 3.8) is 0 Å². The van der Waals surface area contributed by atoms with Gasteiger partial charge in [-0.2, -0.15) is 10.2 Å². The Morgan fingerprint density at radius 1 is 1.22 bits per heavy atom. The second-order valence-electron chi connectivity index (χ2n) is 10.3. The summed E-state index contributed by atoms with van der Waals surface area (Å²) in [5.74, 6) is 0.421. The molecule has 1 fully saturated rings. The van der Waals surface area contributed by atoms with Crippen LogP contribution in [0.5, 0.6) is 5.75 Å². The Hall–Kier alpha value is -3.72. The van der Waals surface area contributed by atoms with Gasteiger partial charge in [-0.25, -0.2) is 9.37 Å². The van der Waals surface area contributed by atoms with Gasteiger partial charge in [0.15, 0.2) is 11.6 Å². The van der Waals surface area contributed by atoms with E-state index in [1.165, 1.54) is 12.1 Å². The minimum Gasteiger partial charge on any atom is -0.482 e. The summed E-state index contributed by atoms with van der Waals surface area (Å²) in [7, 11) is 1.93. The standard InChI is InChI=1S/C28H29FN6O2/c1-4-35-25-16-10-22(27(30)31-13-16)37-15(2)19-11-17(29)6-7-18(19)24-21(14-34(3)32-24)20-12-28(8-5-9-36-28)26(33-35)23(20)25/h6-7,10-11,13-15,20H,4-5,8-9,12H2,1-3H3,(H2,30,31)/t15-,20?,28?/m1/s1. The highest BCUT2D eigenvalue weighted by Crippen LogP contribution is 2.57. The summed E-state index contributed by atoms with van der Waals surface area (Å²) < 4.78 is 31.3. The van der Waals surface area contributed by atoms with Gasteiger partial charge >= 0.3 is 0 Å². The summed E-state index contributed by atoms with van der Waals surface area (Å²) in [5, 5.41) is 10.0. The van der Waals surface area contributed by atoms with E-state index in [0.717, 1.165) is 65.2 Å². The van der Waals surface area contributed by atoms with Crippen molar-refractivity contribution in [2.24, 2.45) is 7.05 Å². The first-order valence-corrected chi connectivity index (χ1v) is 12.9. The Labute approximate surface area is 214 Å². The van der Waals surface area contributed by atoms with Gasteiger partial charge in [-0.1, -0.05) is 0 Å². The number of pyridine rings is 1. The van der Waals surface area contributed by atoms with Crippen LogP contribution in [0, 0.1) is 5.82 Å². The summed E-state index contributed by atoms with van der Waals surface area (Å²) >= 11 is 0. The molecule has 2 unspecified atom stereocenters. The predicted molar refractivity (Wildman–Crippen MR) is 137 cm³/mol. The number of anilines is 1. The number of aryl methyl sites for hydroxylation is 2. The quantitative estimate of drug-likeness (QED) is 0.392. The van der Waals surface area contributed by atoms with Crippen molar-refractivity contribution in [1.82, 2.24) is 24.5 Å². The molecule has 4 aromatic rings. The van der Waals surface area contributed by atoms with E-state index in [0.29, 0.717) is 17.9 Å². The van der Waals surface area contributed by atoms with E-state index in [9.17, 15) is 4.39 Å². The summed E-state index contributed by atoms with van der Waals surface area (Å²) in [4.78, 5) is 4.49. The first-order chi connectivity index (χ1) is 17.9. The Morgan fingerprint density at radius 3 is 2.86 bits per heavy atom. The largest absolute Gasteiger partial charge is 0.482 e. The van der Waals surface area contributed by atoms with E-state index in [1.54, 1.807) is 12.3 Å². The van der Waals surface area contributed by atoms with Crippen LogP contribution in [-0.2, 0) is 23.9 Å². The highest BCUT2D eigenvalue weighted by atomic mass is 19.1. The molecule has 1 aliphatic carbocycles. The molecule has 8 nitrogen and oxygen atoms in total. The van der Waals surface area contributed by atoms with Gasteiger partial charge in [0.1, 0.15) is 17.5 Å². The van der Waals surface area contributed by atoms with E-state index in [1.807, 2.05) is 29.4 Å². The fourth-order valence-electron chi connectivity index (χ4n) is 6.50. The SMILES string of the molecule is CCn1nc2c3c1-c1cnc(N)c(c1)O[C@H](C)c1cc(F)ccc1-c1nn(C)cc1C3CC21CCCO1. The smallest absolute Gasteiger partial charge is 0.166 e. The minimum absolute atomic E-state index is 0.00153. The number of benzene rings is 1. The number of nitrogen functional groups attached to an aromatic ring is 1. The summed E-state index contributed by atoms with van der Waals surface area (Å²) in [5.41, 5.74) is 13.3. The molecule has 0 radical (unpaired) electrons. The number of rotatable bonds is 1. The number of hydrogen-bond donors (Lipinski definition) is 1. The number of nitrogens with two attached hydrogens (primary N) is 1. The molecular weight excluding hydrogens is 471 g/mol. The molecule has 2 N–H and O–H groups in total. The van der Waals surface area contributed by atoms with Crippen LogP contribution in [-0.4, -0.2) is 31.2 Å². The zero-order valence-corrected chi connectivity index (χ0v) is 21.2. The molecule has 2 aliphatic heterocycles. The first kappa shape index (κ1) is 22.5. The van der Waals surface area contributed by atoms with Gasteiger partial charge in [0.25, 0.3) is 0 Å². The van der Waals surface area contributed by atoms with Crippen molar-refractivity contribution in [2.45, 2.75) is 57.3 Å². The van der Waals surface area contributed by atoms with Gasteiger partial charge in [0, 0.05) is 66.3 Å². The lowest BCUT2D eigenvalue weighted by Crippen LogP contribution is -2.23. The average molecular weight is 501 g/mol. The Kier molecular flexibility index (Phi) is 4.79. The third-order valence-electron chi connectivity index (χ3n) is 8.10. The third kappa shape index (κ3) is 3.19. The summed E-state index contributed by atoms with van der Waals surface area (Å²) in [6, 6.07) is 6.74. The molecule has 7 rings (SSSR count). The van der Waals surface area contributed by atoms with Crippen molar-refractivity contribution in [2.75, 3.05) is 12.3 Å². The van der Waals surface area contributed by atoms with Crippen LogP contribution in [0.25, 0.3) is 22.5 Å². The van der Waals surface area contributed by atoms with Crippen molar-refractivity contribution >= 4 is 5.82 Å². The van der Waals surface area contributed by atoms with E-state index < -0.39 is 11.7 Å². The van der Waals surface area contributed by atoms with Crippen molar-refractivity contribution in [3.8, 4) is 28.3 Å². The maximum Gasteiger partial charge on any atom is 0.166 e. The lowest BCUT2D eigenvalue weighted by molar-refractivity contribution is -0.00443. The van der Waals surface area contributed by atoms with Crippen LogP contribution in [0.3, 0.4) is 0 Å². The molecule has 1 spiro atoms. The van der Waals surface area contributed by atoms with Crippen LogP contribution in [0.2, 0.25) is 0 Å². The fourth-order valence-corrected chi connectivity index (χ4v) is 6.50. The number of hydrogen-bond acceptors (Lipinski definition) is 6. The summed E-state index contributed by atoms with van der Waals surface area (Å²) in [6.07, 6.45) is 6.11. The maximum absolute atomic E-state index is 14.5. The molecule has 37 heavy (non-hydrogen) atoms. The molecule has 3 aromatic heterocycles. The van der Waals surface area contributed by atoms with E-state index in [4.69, 9.17) is 25.4 Å². The molecule has 1 saturated heterocycles. The van der Waals surface area contributed by atoms with Gasteiger partial charge in [0.05, 0.1) is 17.1 Å². The zero-order valence-electron chi connectivity index (χ0n) is 21.2. The second kappa shape index (κ2) is 7.89. The van der Waals surface area contributed by atoms with Crippen molar-refractivity contribution in [3.05, 3.63) is 64.9 Å². The highest BCUT2D eigenvalue weighted by Gasteiger charge is 2.52. The molecule has 0 amide bonds. The lowest BCUT2D eigenvalue weighted by atomic mass is 9.86. The van der Waals surface area contributed by atoms with Crippen LogP contribution >= 0.6 is 0 Å². The van der Waals surface area contributed by atoms with Crippen LogP contribution < -0.4 is 10.5 Å². The first-order valence-electron chi connectivity index (χ1n) is 12.9. The molecule has 9 heteroatoms. The number of fused-ring (bicyclic) bond motifs is 8. The van der Waals surface area contributed by atoms with E-state index in [2.05, 4.69) is 18.1 Å². The molecule has 1 aromatic carbocycles. The normalized spacial score (nSPS) is 23.7. The fraction of sp³-hybridized carbons (Fsp3) is 0.393. The van der Waals surface area contributed by atoms with E-state index in [-0.39, 0.29) is 17.6 Å². The molecule has 3 atom stereocenters. The molecule has 190 valence electrons. The molecule has 5 heterocycles. The molecular formula is C28H29FN6O2. The average Bonchev–Trinajstić information content (AvgIpc) is 3.65. The molecule has 0 saturated carbocycles. The number of halogens is 1. The van der Waals surface area contributed by atoms with Gasteiger partial charge in [0.2, 0.25) is 0 Å². The van der Waals surface area contributed by atoms with E-state index >= 15 is 0 Å². The highest BCUT2D eigenvalue weighted by molar-refractivity contribution is 5.75. The number of aromatic nitrogens is 5. The Morgan fingerprint density at radius 2 is 2.08 bits per heavy atom. The van der Waals surface area contributed by atoms with Gasteiger partial charge in [-0.3, -0.25) is 9.36 Å². The van der Waals surface area contributed by atoms with Crippen LogP contribution in [0.15, 0.2) is 36.7 Å². The van der Waals surface area contributed by atoms with Crippen LogP contribution in [0.4, 0.5) is 10.2 Å². The van der Waals surface area contributed by atoms with Gasteiger partial charge in [-0.15, -0.1) is 0 Å². The lowest BCUT2D eigenvalue weighted by Gasteiger charge is -2.25. The number of nitrogens with zero attached hydrogens (tertiary/aromatic N) is 5. The summed E-state index contributed by atoms with van der Waals surface area (Å²) in [6.45, 7) is 5.41. The topological polar surface area (TPSA) is 93.0 Å². The van der Waals surface area contributed by atoms with Gasteiger partial charge < -0.3 is 15.2 Å². The second-order valence-corrected chi connectivity index (χ2v) is 10.3. The Balaban J connectivity index is 1.59. The molecule has 3 aliphatic rings. The molecule has 2 bridgehead atoms. The third-order valence-corrected chi connectivity index (χ3v) is 8.10. The number of ether oxygens (including phenoxy) is 2.